The van der Waals surface area contributed by atoms with E-state index in [4.69, 9.17) is 11.6 Å². The first-order valence-electron chi connectivity index (χ1n) is 5.14. The standard InChI is InChI=1S/C12H12ClN3O/c1-8-9(7-14-16(8)2)12(17)15-11-6-4-3-5-10(11)13/h3-7H,1-2H3,(H,15,17). The van der Waals surface area contributed by atoms with Gasteiger partial charge in [-0.1, -0.05) is 23.7 Å². The molecule has 0 saturated heterocycles. The maximum atomic E-state index is 12.0. The summed E-state index contributed by atoms with van der Waals surface area (Å²) in [4.78, 5) is 12.0. The summed E-state index contributed by atoms with van der Waals surface area (Å²) in [5.41, 5.74) is 1.96. The molecule has 0 fully saturated rings. The van der Waals surface area contributed by atoms with Crippen LogP contribution in [0.15, 0.2) is 30.5 Å². The van der Waals surface area contributed by atoms with Crippen LogP contribution in [0.1, 0.15) is 16.1 Å². The van der Waals surface area contributed by atoms with Crippen LogP contribution in [0.4, 0.5) is 5.69 Å². The second kappa shape index (κ2) is 4.59. The highest BCUT2D eigenvalue weighted by atomic mass is 35.5. The van der Waals surface area contributed by atoms with Gasteiger partial charge in [0.05, 0.1) is 22.5 Å². The van der Waals surface area contributed by atoms with Crippen molar-refractivity contribution >= 4 is 23.2 Å². The van der Waals surface area contributed by atoms with Gasteiger partial charge < -0.3 is 5.32 Å². The number of aromatic nitrogens is 2. The molecule has 1 heterocycles. The minimum Gasteiger partial charge on any atom is -0.321 e. The molecule has 88 valence electrons. The lowest BCUT2D eigenvalue weighted by Gasteiger charge is -2.06. The lowest BCUT2D eigenvalue weighted by Crippen LogP contribution is -2.13. The van der Waals surface area contributed by atoms with Gasteiger partial charge in [-0.2, -0.15) is 5.10 Å². The molecule has 0 saturated carbocycles. The maximum absolute atomic E-state index is 12.0. The van der Waals surface area contributed by atoms with E-state index in [0.29, 0.717) is 16.3 Å². The SMILES string of the molecule is Cc1c(C(=O)Nc2ccccc2Cl)cnn1C. The van der Waals surface area contributed by atoms with Crippen molar-refractivity contribution in [1.82, 2.24) is 9.78 Å². The van der Waals surface area contributed by atoms with E-state index < -0.39 is 0 Å². The van der Waals surface area contributed by atoms with Gasteiger partial charge in [-0.25, -0.2) is 0 Å². The number of rotatable bonds is 2. The molecule has 1 aromatic heterocycles. The Labute approximate surface area is 104 Å². The molecule has 0 aliphatic carbocycles. The molecule has 0 atom stereocenters. The molecule has 0 aliphatic rings. The number of aryl methyl sites for hydroxylation is 1. The Bertz CT molecular complexity index is 563. The van der Waals surface area contributed by atoms with Crippen LogP contribution in [0, 0.1) is 6.92 Å². The first-order valence-corrected chi connectivity index (χ1v) is 5.52. The van der Waals surface area contributed by atoms with Gasteiger partial charge in [-0.05, 0) is 19.1 Å². The number of anilines is 1. The van der Waals surface area contributed by atoms with Crippen LogP contribution >= 0.6 is 11.6 Å². The summed E-state index contributed by atoms with van der Waals surface area (Å²) in [6, 6.07) is 7.12. The Balaban J connectivity index is 2.23. The van der Waals surface area contributed by atoms with E-state index in [0.717, 1.165) is 5.69 Å². The summed E-state index contributed by atoms with van der Waals surface area (Å²) in [5.74, 6) is -0.205. The summed E-state index contributed by atoms with van der Waals surface area (Å²) in [6.07, 6.45) is 1.54. The Hall–Kier alpha value is -1.81. The molecule has 0 radical (unpaired) electrons. The molecule has 0 unspecified atom stereocenters. The fraction of sp³-hybridized carbons (Fsp3) is 0.167. The molecule has 4 nitrogen and oxygen atoms in total. The fourth-order valence-corrected chi connectivity index (χ4v) is 1.66. The topological polar surface area (TPSA) is 46.9 Å². The molecule has 17 heavy (non-hydrogen) atoms. The zero-order valence-corrected chi connectivity index (χ0v) is 10.3. The Kier molecular flexibility index (Phi) is 3.15. The average molecular weight is 250 g/mol. The number of benzene rings is 1. The molecule has 5 heteroatoms. The zero-order chi connectivity index (χ0) is 12.4. The second-order valence-electron chi connectivity index (χ2n) is 3.70. The van der Waals surface area contributed by atoms with Crippen molar-refractivity contribution in [2.75, 3.05) is 5.32 Å². The predicted octanol–water partition coefficient (Wildman–Crippen LogP) is 2.63. The number of halogens is 1. The summed E-state index contributed by atoms with van der Waals surface area (Å²) in [7, 11) is 1.79. The molecule has 2 aromatic rings. The second-order valence-corrected chi connectivity index (χ2v) is 4.11. The van der Waals surface area contributed by atoms with Crippen LogP contribution in [0.3, 0.4) is 0 Å². The normalized spacial score (nSPS) is 10.3. The number of amides is 1. The van der Waals surface area contributed by atoms with E-state index in [2.05, 4.69) is 10.4 Å². The van der Waals surface area contributed by atoms with E-state index in [1.54, 1.807) is 30.1 Å². The first-order chi connectivity index (χ1) is 8.09. The first kappa shape index (κ1) is 11.7. The molecular weight excluding hydrogens is 238 g/mol. The van der Waals surface area contributed by atoms with Gasteiger partial charge in [0.25, 0.3) is 5.91 Å². The Morgan fingerprint density at radius 2 is 2.12 bits per heavy atom. The van der Waals surface area contributed by atoms with Crippen molar-refractivity contribution in [3.63, 3.8) is 0 Å². The van der Waals surface area contributed by atoms with Gasteiger partial charge in [-0.15, -0.1) is 0 Å². The van der Waals surface area contributed by atoms with Crippen LogP contribution in [0.2, 0.25) is 5.02 Å². The van der Waals surface area contributed by atoms with E-state index in [9.17, 15) is 4.79 Å². The summed E-state index contributed by atoms with van der Waals surface area (Å²) >= 11 is 5.97. The summed E-state index contributed by atoms with van der Waals surface area (Å²) < 4.78 is 1.65. The maximum Gasteiger partial charge on any atom is 0.259 e. The van der Waals surface area contributed by atoms with Gasteiger partial charge in [0, 0.05) is 12.7 Å². The van der Waals surface area contributed by atoms with E-state index in [1.165, 1.54) is 0 Å². The molecule has 1 N–H and O–H groups in total. The van der Waals surface area contributed by atoms with Gasteiger partial charge in [0.2, 0.25) is 0 Å². The number of carbonyl (C=O) groups excluding carboxylic acids is 1. The molecule has 0 aliphatic heterocycles. The average Bonchev–Trinajstić information content (AvgIpc) is 2.63. The monoisotopic (exact) mass is 249 g/mol. The van der Waals surface area contributed by atoms with E-state index >= 15 is 0 Å². The quantitative estimate of drug-likeness (QED) is 0.889. The highest BCUT2D eigenvalue weighted by Gasteiger charge is 2.13. The lowest BCUT2D eigenvalue weighted by atomic mass is 10.2. The molecule has 1 aromatic carbocycles. The number of nitrogens with one attached hydrogen (secondary N) is 1. The number of para-hydroxylation sites is 1. The molecule has 0 spiro atoms. The minimum atomic E-state index is -0.205. The highest BCUT2D eigenvalue weighted by molar-refractivity contribution is 6.33. The smallest absolute Gasteiger partial charge is 0.259 e. The predicted molar refractivity (Wildman–Crippen MR) is 67.4 cm³/mol. The van der Waals surface area contributed by atoms with E-state index in [1.807, 2.05) is 19.1 Å². The lowest BCUT2D eigenvalue weighted by molar-refractivity contribution is 0.102. The van der Waals surface area contributed by atoms with Crippen molar-refractivity contribution in [1.29, 1.82) is 0 Å². The molecule has 0 bridgehead atoms. The van der Waals surface area contributed by atoms with Crippen molar-refractivity contribution in [3.8, 4) is 0 Å². The third kappa shape index (κ3) is 2.31. The summed E-state index contributed by atoms with van der Waals surface area (Å²) in [5, 5.41) is 7.30. The third-order valence-corrected chi connectivity index (χ3v) is 2.93. The molecule has 2 rings (SSSR count). The van der Waals surface area contributed by atoms with Crippen LogP contribution < -0.4 is 5.32 Å². The Morgan fingerprint density at radius 1 is 1.41 bits per heavy atom. The number of nitrogens with zero attached hydrogens (tertiary/aromatic N) is 2. The zero-order valence-electron chi connectivity index (χ0n) is 9.57. The molecule has 1 amide bonds. The van der Waals surface area contributed by atoms with Crippen molar-refractivity contribution in [2.45, 2.75) is 6.92 Å². The van der Waals surface area contributed by atoms with Gasteiger partial charge in [-0.3, -0.25) is 9.48 Å². The van der Waals surface area contributed by atoms with Crippen LogP contribution in [0.5, 0.6) is 0 Å². The van der Waals surface area contributed by atoms with Crippen molar-refractivity contribution in [3.05, 3.63) is 46.7 Å². The van der Waals surface area contributed by atoms with Crippen LogP contribution in [-0.2, 0) is 7.05 Å². The number of hydrogen-bond donors (Lipinski definition) is 1. The fourth-order valence-electron chi connectivity index (χ4n) is 1.47. The van der Waals surface area contributed by atoms with Gasteiger partial charge >= 0.3 is 0 Å². The number of hydrogen-bond acceptors (Lipinski definition) is 2. The third-order valence-electron chi connectivity index (χ3n) is 2.60. The Morgan fingerprint density at radius 3 is 2.71 bits per heavy atom. The largest absolute Gasteiger partial charge is 0.321 e. The van der Waals surface area contributed by atoms with Crippen molar-refractivity contribution < 1.29 is 4.79 Å². The van der Waals surface area contributed by atoms with Gasteiger partial charge in [0.1, 0.15) is 0 Å². The molecular formula is C12H12ClN3O. The van der Waals surface area contributed by atoms with Crippen LogP contribution in [-0.4, -0.2) is 15.7 Å². The summed E-state index contributed by atoms with van der Waals surface area (Å²) in [6.45, 7) is 1.84. The van der Waals surface area contributed by atoms with Crippen LogP contribution in [0.25, 0.3) is 0 Å². The van der Waals surface area contributed by atoms with E-state index in [-0.39, 0.29) is 5.91 Å². The minimum absolute atomic E-state index is 0.205. The highest BCUT2D eigenvalue weighted by Crippen LogP contribution is 2.21. The number of carbonyl (C=O) groups is 1. The van der Waals surface area contributed by atoms with Crippen molar-refractivity contribution in [2.24, 2.45) is 7.05 Å². The van der Waals surface area contributed by atoms with Gasteiger partial charge in [0.15, 0.2) is 0 Å².